The van der Waals surface area contributed by atoms with Gasteiger partial charge in [0.25, 0.3) is 0 Å². The van der Waals surface area contributed by atoms with Crippen LogP contribution in [-0.2, 0) is 4.57 Å². The third-order valence-electron chi connectivity index (χ3n) is 11.0. The maximum Gasteiger partial charge on any atom is 0.171 e. The Morgan fingerprint density at radius 3 is 1.68 bits per heavy atom. The van der Waals surface area contributed by atoms with Gasteiger partial charge in [-0.15, -0.1) is 11.3 Å². The Labute approximate surface area is 327 Å². The lowest BCUT2D eigenvalue weighted by molar-refractivity contribution is 0.592. The number of para-hydroxylation sites is 1. The van der Waals surface area contributed by atoms with Crippen molar-refractivity contribution >= 4 is 87.4 Å². The van der Waals surface area contributed by atoms with Crippen molar-refractivity contribution < 1.29 is 8.98 Å². The van der Waals surface area contributed by atoms with Gasteiger partial charge in [0.2, 0.25) is 0 Å². The fourth-order valence-corrected chi connectivity index (χ4v) is 12.2. The first kappa shape index (κ1) is 32.8. The van der Waals surface area contributed by atoms with Gasteiger partial charge in [0.05, 0.1) is 15.9 Å². The maximum atomic E-state index is 14.9. The van der Waals surface area contributed by atoms with E-state index in [4.69, 9.17) is 9.40 Å². The van der Waals surface area contributed by atoms with Crippen LogP contribution in [0.1, 0.15) is 0 Å². The zero-order chi connectivity index (χ0) is 37.2. The van der Waals surface area contributed by atoms with Gasteiger partial charge in [-0.2, -0.15) is 0 Å². The van der Waals surface area contributed by atoms with Gasteiger partial charge in [-0.1, -0.05) is 170 Å². The van der Waals surface area contributed by atoms with Crippen molar-refractivity contribution in [1.29, 1.82) is 0 Å². The first-order chi connectivity index (χ1) is 27.6. The first-order valence-electron chi connectivity index (χ1n) is 18.7. The van der Waals surface area contributed by atoms with Crippen molar-refractivity contribution in [2.75, 3.05) is 0 Å². The quantitative estimate of drug-likeness (QED) is 0.159. The zero-order valence-electron chi connectivity index (χ0n) is 30.1. The summed E-state index contributed by atoms with van der Waals surface area (Å²) in [5, 5.41) is 8.34. The van der Waals surface area contributed by atoms with E-state index in [-0.39, 0.29) is 0 Å². The van der Waals surface area contributed by atoms with Gasteiger partial charge in [-0.05, 0) is 46.5 Å². The molecule has 0 amide bonds. The molecule has 0 spiro atoms. The predicted octanol–water partition coefficient (Wildman–Crippen LogP) is 13.1. The second-order valence-electron chi connectivity index (χ2n) is 14.1. The molecule has 8 aromatic carbocycles. The highest BCUT2D eigenvalue weighted by molar-refractivity contribution is 7.85. The Bertz CT molecular complexity index is 3270. The molecule has 0 radical (unpaired) electrons. The summed E-state index contributed by atoms with van der Waals surface area (Å²) in [5.41, 5.74) is 9.22. The van der Waals surface area contributed by atoms with Gasteiger partial charge in [0.15, 0.2) is 7.14 Å². The van der Waals surface area contributed by atoms with Crippen LogP contribution in [0.2, 0.25) is 0 Å². The van der Waals surface area contributed by atoms with Gasteiger partial charge in [0, 0.05) is 53.1 Å². The van der Waals surface area contributed by atoms with Gasteiger partial charge >= 0.3 is 0 Å². The molecular formula is C51H32NO2PS. The van der Waals surface area contributed by atoms with Crippen LogP contribution in [0.25, 0.3) is 86.5 Å². The zero-order valence-corrected chi connectivity index (χ0v) is 31.8. The molecule has 0 aliphatic rings. The highest BCUT2D eigenvalue weighted by atomic mass is 32.1. The fraction of sp³-hybridized carbons (Fsp3) is 0. The molecule has 56 heavy (non-hydrogen) atoms. The Kier molecular flexibility index (Phi) is 7.63. The number of aromatic nitrogens is 1. The standard InChI is InChI=1S/C51H32NO2PS/c53-55(36-13-3-1-4-14-36,37-15-5-2-6-16-37)38-31-29-34(30-32-38)33-25-27-35(28-26-33)50-51-49(42-18-8-10-24-46(42)56-51)48-40(19-11-21-43(48)52-50)39-20-12-23-45-47(39)41-17-7-9-22-44(41)54-45/h1-32H. The molecule has 0 aliphatic carbocycles. The molecule has 0 saturated heterocycles. The molecule has 3 heterocycles. The molecular weight excluding hydrogens is 722 g/mol. The molecule has 11 rings (SSSR count). The van der Waals surface area contributed by atoms with Gasteiger partial charge in [-0.3, -0.25) is 0 Å². The molecule has 0 bridgehead atoms. The normalized spacial score (nSPS) is 12.0. The number of thiophene rings is 1. The second-order valence-corrected chi connectivity index (χ2v) is 18.0. The molecule has 11 aromatic rings. The van der Waals surface area contributed by atoms with E-state index in [0.29, 0.717) is 0 Å². The second kappa shape index (κ2) is 13.0. The van der Waals surface area contributed by atoms with Gasteiger partial charge < -0.3 is 8.98 Å². The monoisotopic (exact) mass is 753 g/mol. The summed E-state index contributed by atoms with van der Waals surface area (Å²) in [4.78, 5) is 5.44. The molecule has 0 unspecified atom stereocenters. The van der Waals surface area contributed by atoms with Crippen molar-refractivity contribution in [2.45, 2.75) is 0 Å². The summed E-state index contributed by atoms with van der Waals surface area (Å²) < 4.78 is 23.6. The topological polar surface area (TPSA) is 43.1 Å². The number of fused-ring (bicyclic) bond motifs is 8. The highest BCUT2D eigenvalue weighted by Crippen LogP contribution is 2.47. The molecule has 0 saturated carbocycles. The molecule has 0 atom stereocenters. The molecule has 264 valence electrons. The van der Waals surface area contributed by atoms with Gasteiger partial charge in [0.1, 0.15) is 11.2 Å². The molecule has 5 heteroatoms. The molecule has 0 fully saturated rings. The van der Waals surface area contributed by atoms with Crippen molar-refractivity contribution in [3.05, 3.63) is 194 Å². The number of benzene rings is 8. The minimum absolute atomic E-state index is 0.819. The van der Waals surface area contributed by atoms with Crippen LogP contribution in [0.4, 0.5) is 0 Å². The lowest BCUT2D eigenvalue weighted by Gasteiger charge is -2.20. The Morgan fingerprint density at radius 2 is 0.964 bits per heavy atom. The van der Waals surface area contributed by atoms with Crippen molar-refractivity contribution in [1.82, 2.24) is 4.98 Å². The van der Waals surface area contributed by atoms with Crippen LogP contribution < -0.4 is 15.9 Å². The summed E-state index contributed by atoms with van der Waals surface area (Å²) in [6.07, 6.45) is 0. The van der Waals surface area contributed by atoms with Crippen LogP contribution in [0.15, 0.2) is 199 Å². The average Bonchev–Trinajstić information content (AvgIpc) is 3.86. The summed E-state index contributed by atoms with van der Waals surface area (Å²) in [5.74, 6) is 0. The van der Waals surface area contributed by atoms with E-state index in [2.05, 4.69) is 109 Å². The number of nitrogens with zero attached hydrogens (tertiary/aromatic N) is 1. The third-order valence-corrected chi connectivity index (χ3v) is 15.2. The Hall–Kier alpha value is -6.58. The minimum atomic E-state index is -3.05. The molecule has 3 nitrogen and oxygen atoms in total. The summed E-state index contributed by atoms with van der Waals surface area (Å²) >= 11 is 1.80. The fourth-order valence-electron chi connectivity index (χ4n) is 8.35. The number of hydrogen-bond donors (Lipinski definition) is 0. The number of pyridine rings is 1. The van der Waals surface area contributed by atoms with E-state index in [1.165, 1.54) is 20.2 Å². The Morgan fingerprint density at radius 1 is 0.429 bits per heavy atom. The minimum Gasteiger partial charge on any atom is -0.456 e. The number of rotatable bonds is 6. The van der Waals surface area contributed by atoms with Crippen molar-refractivity contribution in [2.24, 2.45) is 0 Å². The van der Waals surface area contributed by atoms with Crippen LogP contribution in [0.5, 0.6) is 0 Å². The lowest BCUT2D eigenvalue weighted by Crippen LogP contribution is -2.24. The van der Waals surface area contributed by atoms with Crippen LogP contribution in [0, 0.1) is 0 Å². The van der Waals surface area contributed by atoms with E-state index < -0.39 is 7.14 Å². The SMILES string of the molecule is O=P(c1ccccc1)(c1ccccc1)c1ccc(-c2ccc(-c3nc4cccc(-c5cccc6oc7ccccc7c56)c4c4c3sc3ccccc34)cc2)cc1. The predicted molar refractivity (Wildman–Crippen MR) is 238 cm³/mol. The largest absolute Gasteiger partial charge is 0.456 e. The van der Waals surface area contributed by atoms with E-state index in [1.807, 2.05) is 84.9 Å². The molecule has 3 aromatic heterocycles. The van der Waals surface area contributed by atoms with Gasteiger partial charge in [-0.25, -0.2) is 4.98 Å². The van der Waals surface area contributed by atoms with E-state index in [9.17, 15) is 4.57 Å². The molecule has 0 aliphatic heterocycles. The maximum absolute atomic E-state index is 14.9. The van der Waals surface area contributed by atoms with Crippen LogP contribution >= 0.6 is 18.5 Å². The number of furan rings is 1. The smallest absolute Gasteiger partial charge is 0.171 e. The van der Waals surface area contributed by atoms with Crippen LogP contribution in [-0.4, -0.2) is 4.98 Å². The number of hydrogen-bond acceptors (Lipinski definition) is 4. The summed E-state index contributed by atoms with van der Waals surface area (Å²) in [7, 11) is -3.05. The summed E-state index contributed by atoms with van der Waals surface area (Å²) in [6, 6.07) is 66.4. The highest BCUT2D eigenvalue weighted by Gasteiger charge is 2.29. The van der Waals surface area contributed by atoms with Crippen molar-refractivity contribution in [3.63, 3.8) is 0 Å². The van der Waals surface area contributed by atoms with E-state index in [1.54, 1.807) is 11.3 Å². The lowest BCUT2D eigenvalue weighted by atomic mass is 9.93. The molecule has 0 N–H and O–H groups in total. The van der Waals surface area contributed by atoms with E-state index >= 15 is 0 Å². The van der Waals surface area contributed by atoms with Crippen LogP contribution in [0.3, 0.4) is 0 Å². The summed E-state index contributed by atoms with van der Waals surface area (Å²) in [6.45, 7) is 0. The van der Waals surface area contributed by atoms with E-state index in [0.717, 1.165) is 82.3 Å². The average molecular weight is 754 g/mol. The first-order valence-corrected chi connectivity index (χ1v) is 21.2. The third kappa shape index (κ3) is 5.11. The Balaban J connectivity index is 1.03. The van der Waals surface area contributed by atoms with Crippen molar-refractivity contribution in [3.8, 4) is 33.5 Å².